The van der Waals surface area contributed by atoms with Crippen LogP contribution in [0.15, 0.2) is 0 Å². The number of hydrogen-bond acceptors (Lipinski definition) is 6. The zero-order chi connectivity index (χ0) is 15.6. The van der Waals surface area contributed by atoms with Crippen molar-refractivity contribution in [2.75, 3.05) is 12.8 Å². The minimum Gasteiger partial charge on any atom is -0.307 e. The van der Waals surface area contributed by atoms with E-state index in [2.05, 4.69) is 34.7 Å². The summed E-state index contributed by atoms with van der Waals surface area (Å²) >= 11 is 0. The molecule has 1 N–H and O–H groups in total. The molecule has 0 aliphatic carbocycles. The second kappa shape index (κ2) is 6.17. The highest BCUT2D eigenvalue weighted by Gasteiger charge is 2.32. The second-order valence-corrected chi connectivity index (χ2v) is 8.90. The normalized spacial score (nSPS) is 14.8. The summed E-state index contributed by atoms with van der Waals surface area (Å²) in [6.45, 7) is 10.7. The van der Waals surface area contributed by atoms with E-state index in [4.69, 9.17) is 0 Å². The lowest BCUT2D eigenvalue weighted by atomic mass is 10.2. The molecule has 116 valence electrons. The summed E-state index contributed by atoms with van der Waals surface area (Å²) in [5, 5.41) is 14.9. The lowest BCUT2D eigenvalue weighted by Gasteiger charge is -2.23. The maximum Gasteiger partial charge on any atom is 0.167 e. The monoisotopic (exact) mass is 303 g/mol. The zero-order valence-electron chi connectivity index (χ0n) is 13.1. The van der Waals surface area contributed by atoms with E-state index in [-0.39, 0.29) is 12.6 Å². The topological polar surface area (TPSA) is 89.8 Å². The second-order valence-electron chi connectivity index (χ2n) is 6.25. The molecule has 20 heavy (non-hydrogen) atoms. The summed E-state index contributed by atoms with van der Waals surface area (Å²) in [6, 6.07) is -0.0252. The van der Waals surface area contributed by atoms with Crippen LogP contribution < -0.4 is 5.32 Å². The van der Waals surface area contributed by atoms with Gasteiger partial charge in [0.2, 0.25) is 0 Å². The number of tetrazole rings is 1. The fourth-order valence-electron chi connectivity index (χ4n) is 1.62. The van der Waals surface area contributed by atoms with Gasteiger partial charge in [0, 0.05) is 6.26 Å². The SMILES string of the molecule is CC(C)CNC(C)c1nnnn1CC(C)(C)S(C)(=O)=O. The first-order valence-corrected chi connectivity index (χ1v) is 8.63. The number of rotatable bonds is 7. The predicted octanol–water partition coefficient (Wildman–Crippen LogP) is 0.803. The van der Waals surface area contributed by atoms with Crippen LogP contribution in [0.1, 0.15) is 46.5 Å². The molecule has 0 spiro atoms. The van der Waals surface area contributed by atoms with Gasteiger partial charge in [0.25, 0.3) is 0 Å². The van der Waals surface area contributed by atoms with Gasteiger partial charge in [-0.2, -0.15) is 0 Å². The Hall–Kier alpha value is -1.02. The van der Waals surface area contributed by atoms with E-state index in [1.54, 1.807) is 18.5 Å². The average Bonchev–Trinajstić information content (AvgIpc) is 2.71. The van der Waals surface area contributed by atoms with Gasteiger partial charge in [-0.15, -0.1) is 5.10 Å². The minimum absolute atomic E-state index is 0.0252. The van der Waals surface area contributed by atoms with Crippen LogP contribution in [0, 0.1) is 5.92 Å². The van der Waals surface area contributed by atoms with Gasteiger partial charge in [0.1, 0.15) is 0 Å². The molecule has 0 saturated heterocycles. The first-order valence-electron chi connectivity index (χ1n) is 6.73. The Bertz CT molecular complexity index is 536. The van der Waals surface area contributed by atoms with E-state index in [1.165, 1.54) is 6.26 Å². The fraction of sp³-hybridized carbons (Fsp3) is 0.917. The maximum absolute atomic E-state index is 11.8. The zero-order valence-corrected chi connectivity index (χ0v) is 13.9. The predicted molar refractivity (Wildman–Crippen MR) is 78.0 cm³/mol. The van der Waals surface area contributed by atoms with Gasteiger partial charge < -0.3 is 5.32 Å². The molecule has 8 heteroatoms. The Morgan fingerprint density at radius 1 is 1.30 bits per heavy atom. The third kappa shape index (κ3) is 4.24. The van der Waals surface area contributed by atoms with Crippen molar-refractivity contribution in [3.63, 3.8) is 0 Å². The molecule has 1 aromatic rings. The summed E-state index contributed by atoms with van der Waals surface area (Å²) < 4.78 is 24.2. The smallest absolute Gasteiger partial charge is 0.167 e. The number of nitrogens with zero attached hydrogens (tertiary/aromatic N) is 4. The van der Waals surface area contributed by atoms with Crippen molar-refractivity contribution in [2.45, 2.75) is 52.0 Å². The largest absolute Gasteiger partial charge is 0.307 e. The average molecular weight is 303 g/mol. The van der Waals surface area contributed by atoms with Gasteiger partial charge in [0.15, 0.2) is 15.7 Å². The Balaban J connectivity index is 2.87. The summed E-state index contributed by atoms with van der Waals surface area (Å²) in [5.41, 5.74) is 0. The van der Waals surface area contributed by atoms with Crippen LogP contribution in [0.2, 0.25) is 0 Å². The van der Waals surface area contributed by atoms with E-state index in [0.717, 1.165) is 6.54 Å². The van der Waals surface area contributed by atoms with Crippen LogP contribution in [0.5, 0.6) is 0 Å². The van der Waals surface area contributed by atoms with Gasteiger partial charge in [0.05, 0.1) is 17.3 Å². The Morgan fingerprint density at radius 3 is 2.40 bits per heavy atom. The molecular weight excluding hydrogens is 278 g/mol. The Morgan fingerprint density at radius 2 is 1.90 bits per heavy atom. The lowest BCUT2D eigenvalue weighted by molar-refractivity contribution is 0.422. The van der Waals surface area contributed by atoms with Crippen molar-refractivity contribution in [3.8, 4) is 0 Å². The molecule has 0 radical (unpaired) electrons. The molecule has 1 heterocycles. The lowest BCUT2D eigenvalue weighted by Crippen LogP contribution is -2.37. The number of nitrogens with one attached hydrogen (secondary N) is 1. The molecule has 0 amide bonds. The van der Waals surface area contributed by atoms with Crippen LogP contribution >= 0.6 is 0 Å². The third-order valence-electron chi connectivity index (χ3n) is 3.31. The van der Waals surface area contributed by atoms with Crippen molar-refractivity contribution in [3.05, 3.63) is 5.82 Å². The van der Waals surface area contributed by atoms with Gasteiger partial charge in [-0.25, -0.2) is 13.1 Å². The van der Waals surface area contributed by atoms with E-state index in [1.807, 2.05) is 6.92 Å². The molecule has 0 fully saturated rings. The van der Waals surface area contributed by atoms with Crippen molar-refractivity contribution >= 4 is 9.84 Å². The highest BCUT2D eigenvalue weighted by atomic mass is 32.2. The first kappa shape index (κ1) is 17.0. The number of sulfone groups is 1. The molecular formula is C12H25N5O2S. The Kier molecular flexibility index (Phi) is 5.26. The van der Waals surface area contributed by atoms with Crippen LogP contribution in [-0.4, -0.2) is 46.2 Å². The first-order chi connectivity index (χ1) is 9.04. The summed E-state index contributed by atoms with van der Waals surface area (Å²) in [6.07, 6.45) is 1.23. The summed E-state index contributed by atoms with van der Waals surface area (Å²) in [4.78, 5) is 0. The molecule has 7 nitrogen and oxygen atoms in total. The van der Waals surface area contributed by atoms with Crippen molar-refractivity contribution in [2.24, 2.45) is 5.92 Å². The standard InChI is InChI=1S/C12H25N5O2S/c1-9(2)7-13-10(3)11-14-15-16-17(11)8-12(4,5)20(6,18)19/h9-10,13H,7-8H2,1-6H3. The highest BCUT2D eigenvalue weighted by Crippen LogP contribution is 2.19. The molecule has 1 unspecified atom stereocenters. The van der Waals surface area contributed by atoms with Gasteiger partial charge >= 0.3 is 0 Å². The number of aromatic nitrogens is 4. The van der Waals surface area contributed by atoms with Gasteiger partial charge in [-0.1, -0.05) is 13.8 Å². The van der Waals surface area contributed by atoms with E-state index < -0.39 is 14.6 Å². The van der Waals surface area contributed by atoms with Crippen molar-refractivity contribution < 1.29 is 8.42 Å². The van der Waals surface area contributed by atoms with E-state index in [0.29, 0.717) is 11.7 Å². The van der Waals surface area contributed by atoms with E-state index >= 15 is 0 Å². The molecule has 0 bridgehead atoms. The van der Waals surface area contributed by atoms with Gasteiger partial charge in [-0.3, -0.25) is 0 Å². The molecule has 1 atom stereocenters. The Labute approximate surface area is 121 Å². The van der Waals surface area contributed by atoms with Crippen LogP contribution in [-0.2, 0) is 16.4 Å². The summed E-state index contributed by atoms with van der Waals surface area (Å²) in [7, 11) is -3.18. The van der Waals surface area contributed by atoms with Crippen molar-refractivity contribution in [1.82, 2.24) is 25.5 Å². The van der Waals surface area contributed by atoms with Gasteiger partial charge in [-0.05, 0) is 43.7 Å². The third-order valence-corrected chi connectivity index (χ3v) is 5.45. The fourth-order valence-corrected chi connectivity index (χ4v) is 1.97. The molecule has 0 saturated carbocycles. The molecule has 1 aromatic heterocycles. The molecule has 0 aromatic carbocycles. The molecule has 0 aliphatic heterocycles. The van der Waals surface area contributed by atoms with Crippen molar-refractivity contribution in [1.29, 1.82) is 0 Å². The molecule has 1 rings (SSSR count). The number of hydrogen-bond donors (Lipinski definition) is 1. The maximum atomic E-state index is 11.8. The molecule has 0 aliphatic rings. The highest BCUT2D eigenvalue weighted by molar-refractivity contribution is 7.92. The van der Waals surface area contributed by atoms with E-state index in [9.17, 15) is 8.42 Å². The quantitative estimate of drug-likeness (QED) is 0.801. The minimum atomic E-state index is -3.18. The van der Waals surface area contributed by atoms with Crippen LogP contribution in [0.4, 0.5) is 0 Å². The van der Waals surface area contributed by atoms with Crippen LogP contribution in [0.3, 0.4) is 0 Å². The van der Waals surface area contributed by atoms with Crippen LogP contribution in [0.25, 0.3) is 0 Å². The summed E-state index contributed by atoms with van der Waals surface area (Å²) in [5.74, 6) is 1.18.